The zero-order valence-corrected chi connectivity index (χ0v) is 13.8. The molecule has 6 nitrogen and oxygen atoms in total. The summed E-state index contributed by atoms with van der Waals surface area (Å²) in [5, 5.41) is 5.43. The molecule has 2 rings (SSSR count). The first-order valence-corrected chi connectivity index (χ1v) is 7.58. The topological polar surface area (TPSA) is 93.5 Å². The van der Waals surface area contributed by atoms with Crippen molar-refractivity contribution >= 4 is 23.2 Å². The maximum Gasteiger partial charge on any atom is 0.262 e. The number of nitrogens with two attached hydrogens (primary N) is 1. The van der Waals surface area contributed by atoms with Crippen LogP contribution in [0.2, 0.25) is 0 Å². The zero-order chi connectivity index (χ0) is 17.5. The van der Waals surface area contributed by atoms with Gasteiger partial charge in [0, 0.05) is 11.4 Å². The van der Waals surface area contributed by atoms with Gasteiger partial charge in [0.2, 0.25) is 5.91 Å². The van der Waals surface area contributed by atoms with Crippen LogP contribution in [0.1, 0.15) is 11.1 Å². The fourth-order valence-corrected chi connectivity index (χ4v) is 2.02. The summed E-state index contributed by atoms with van der Waals surface area (Å²) in [6.07, 6.45) is 0. The minimum Gasteiger partial charge on any atom is -0.484 e. The molecule has 0 radical (unpaired) electrons. The molecule has 6 heteroatoms. The Labute approximate surface area is 141 Å². The molecule has 0 fully saturated rings. The first-order valence-electron chi connectivity index (χ1n) is 7.58. The van der Waals surface area contributed by atoms with Crippen molar-refractivity contribution in [3.8, 4) is 5.75 Å². The predicted octanol–water partition coefficient (Wildman–Crippen LogP) is 2.22. The van der Waals surface area contributed by atoms with E-state index in [0.717, 1.165) is 11.1 Å². The largest absolute Gasteiger partial charge is 0.484 e. The number of amides is 2. The van der Waals surface area contributed by atoms with Crippen molar-refractivity contribution in [2.45, 2.75) is 13.8 Å². The number of nitrogens with one attached hydrogen (secondary N) is 2. The van der Waals surface area contributed by atoms with Crippen LogP contribution in [0.25, 0.3) is 0 Å². The van der Waals surface area contributed by atoms with Gasteiger partial charge in [-0.1, -0.05) is 23.8 Å². The lowest BCUT2D eigenvalue weighted by molar-refractivity contribution is -0.118. The lowest BCUT2D eigenvalue weighted by atomic mass is 10.1. The predicted molar refractivity (Wildman–Crippen MR) is 94.2 cm³/mol. The van der Waals surface area contributed by atoms with Crippen LogP contribution in [0.3, 0.4) is 0 Å². The second kappa shape index (κ2) is 8.12. The molecule has 126 valence electrons. The van der Waals surface area contributed by atoms with Gasteiger partial charge in [-0.05, 0) is 43.7 Å². The normalized spacial score (nSPS) is 10.1. The molecule has 2 aromatic carbocycles. The van der Waals surface area contributed by atoms with Gasteiger partial charge in [0.05, 0.1) is 6.54 Å². The summed E-state index contributed by atoms with van der Waals surface area (Å²) in [7, 11) is 0. The van der Waals surface area contributed by atoms with Crippen LogP contribution in [-0.4, -0.2) is 25.0 Å². The minimum absolute atomic E-state index is 0.0958. The van der Waals surface area contributed by atoms with Crippen molar-refractivity contribution < 1.29 is 14.3 Å². The zero-order valence-electron chi connectivity index (χ0n) is 13.8. The van der Waals surface area contributed by atoms with Gasteiger partial charge in [-0.3, -0.25) is 9.59 Å². The van der Waals surface area contributed by atoms with Crippen LogP contribution in [-0.2, 0) is 9.59 Å². The fraction of sp³-hybridized carbons (Fsp3) is 0.222. The monoisotopic (exact) mass is 327 g/mol. The molecular weight excluding hydrogens is 306 g/mol. The van der Waals surface area contributed by atoms with Crippen molar-refractivity contribution in [1.82, 2.24) is 0 Å². The number of hydrogen-bond acceptors (Lipinski definition) is 4. The SMILES string of the molecule is Cc1ccc(OCC(=O)Nc2ccc(C)c(NC(=O)CN)c2)cc1. The number of carbonyl (C=O) groups is 2. The Balaban J connectivity index is 1.94. The summed E-state index contributed by atoms with van der Waals surface area (Å²) in [5.41, 5.74) is 8.49. The summed E-state index contributed by atoms with van der Waals surface area (Å²) >= 11 is 0. The van der Waals surface area contributed by atoms with Gasteiger partial charge in [-0.25, -0.2) is 0 Å². The first kappa shape index (κ1) is 17.5. The Bertz CT molecular complexity index is 727. The van der Waals surface area contributed by atoms with Gasteiger partial charge in [0.15, 0.2) is 6.61 Å². The van der Waals surface area contributed by atoms with Gasteiger partial charge in [0.25, 0.3) is 5.91 Å². The highest BCUT2D eigenvalue weighted by atomic mass is 16.5. The van der Waals surface area contributed by atoms with Crippen LogP contribution < -0.4 is 21.1 Å². The van der Waals surface area contributed by atoms with E-state index in [0.29, 0.717) is 17.1 Å². The molecule has 4 N–H and O–H groups in total. The lowest BCUT2D eigenvalue weighted by Gasteiger charge is -2.11. The van der Waals surface area contributed by atoms with Crippen LogP contribution in [0.5, 0.6) is 5.75 Å². The third-order valence-corrected chi connectivity index (χ3v) is 3.37. The molecule has 0 atom stereocenters. The highest BCUT2D eigenvalue weighted by Crippen LogP contribution is 2.20. The van der Waals surface area contributed by atoms with Gasteiger partial charge < -0.3 is 21.1 Å². The average molecular weight is 327 g/mol. The standard InChI is InChI=1S/C18H21N3O3/c1-12-3-7-15(8-4-12)24-11-18(23)20-14-6-5-13(2)16(9-14)21-17(22)10-19/h3-9H,10-11,19H2,1-2H3,(H,20,23)(H,21,22). The number of aryl methyl sites for hydroxylation is 2. The number of ether oxygens (including phenoxy) is 1. The van der Waals surface area contributed by atoms with Crippen molar-refractivity contribution in [3.05, 3.63) is 53.6 Å². The molecular formula is C18H21N3O3. The molecule has 0 unspecified atom stereocenters. The third kappa shape index (κ3) is 5.10. The van der Waals surface area contributed by atoms with E-state index in [2.05, 4.69) is 10.6 Å². The molecule has 0 spiro atoms. The van der Waals surface area contributed by atoms with Gasteiger partial charge in [-0.15, -0.1) is 0 Å². The summed E-state index contributed by atoms with van der Waals surface area (Å²) in [6.45, 7) is 3.65. The second-order valence-electron chi connectivity index (χ2n) is 5.43. The van der Waals surface area contributed by atoms with E-state index in [4.69, 9.17) is 10.5 Å². The van der Waals surface area contributed by atoms with E-state index in [1.165, 1.54) is 0 Å². The Kier molecular flexibility index (Phi) is 5.92. The number of benzene rings is 2. The average Bonchev–Trinajstić information content (AvgIpc) is 2.57. The minimum atomic E-state index is -0.288. The Hall–Kier alpha value is -2.86. The summed E-state index contributed by atoms with van der Waals surface area (Å²) < 4.78 is 5.43. The van der Waals surface area contributed by atoms with Crippen LogP contribution >= 0.6 is 0 Å². The third-order valence-electron chi connectivity index (χ3n) is 3.37. The fourth-order valence-electron chi connectivity index (χ4n) is 2.02. The Morgan fingerprint density at radius 2 is 1.71 bits per heavy atom. The molecule has 2 aromatic rings. The van der Waals surface area contributed by atoms with Gasteiger partial charge >= 0.3 is 0 Å². The summed E-state index contributed by atoms with van der Waals surface area (Å²) in [6, 6.07) is 12.7. The van der Waals surface area contributed by atoms with Crippen molar-refractivity contribution in [2.24, 2.45) is 5.73 Å². The molecule has 0 saturated heterocycles. The van der Waals surface area contributed by atoms with Gasteiger partial charge in [0.1, 0.15) is 5.75 Å². The van der Waals surface area contributed by atoms with Crippen molar-refractivity contribution in [1.29, 1.82) is 0 Å². The van der Waals surface area contributed by atoms with Crippen LogP contribution in [0, 0.1) is 13.8 Å². The first-order chi connectivity index (χ1) is 11.5. The molecule has 0 aromatic heterocycles. The van der Waals surface area contributed by atoms with E-state index >= 15 is 0 Å². The van der Waals surface area contributed by atoms with E-state index in [1.54, 1.807) is 12.1 Å². The Morgan fingerprint density at radius 3 is 2.38 bits per heavy atom. The van der Waals surface area contributed by atoms with Crippen LogP contribution in [0.15, 0.2) is 42.5 Å². The van der Waals surface area contributed by atoms with Crippen LogP contribution in [0.4, 0.5) is 11.4 Å². The molecule has 2 amide bonds. The highest BCUT2D eigenvalue weighted by Gasteiger charge is 2.07. The van der Waals surface area contributed by atoms with E-state index in [9.17, 15) is 9.59 Å². The van der Waals surface area contributed by atoms with Crippen molar-refractivity contribution in [3.63, 3.8) is 0 Å². The number of anilines is 2. The molecule has 0 heterocycles. The number of rotatable bonds is 6. The maximum atomic E-state index is 12.0. The molecule has 0 saturated carbocycles. The molecule has 0 aliphatic carbocycles. The summed E-state index contributed by atoms with van der Waals surface area (Å²) in [5.74, 6) is 0.0652. The number of hydrogen-bond donors (Lipinski definition) is 3. The molecule has 0 aliphatic rings. The summed E-state index contributed by atoms with van der Waals surface area (Å²) in [4.78, 5) is 23.4. The number of carbonyl (C=O) groups excluding carboxylic acids is 2. The highest BCUT2D eigenvalue weighted by molar-refractivity contribution is 5.95. The van der Waals surface area contributed by atoms with E-state index in [1.807, 2.05) is 44.2 Å². The van der Waals surface area contributed by atoms with E-state index in [-0.39, 0.29) is 25.0 Å². The molecule has 0 bridgehead atoms. The smallest absolute Gasteiger partial charge is 0.262 e. The molecule has 0 aliphatic heterocycles. The quantitative estimate of drug-likeness (QED) is 0.758. The van der Waals surface area contributed by atoms with Crippen molar-refractivity contribution in [2.75, 3.05) is 23.8 Å². The Morgan fingerprint density at radius 1 is 1.00 bits per heavy atom. The maximum absolute atomic E-state index is 12.0. The second-order valence-corrected chi connectivity index (χ2v) is 5.43. The van der Waals surface area contributed by atoms with E-state index < -0.39 is 0 Å². The lowest BCUT2D eigenvalue weighted by Crippen LogP contribution is -2.23. The van der Waals surface area contributed by atoms with Gasteiger partial charge in [-0.2, -0.15) is 0 Å². The molecule has 24 heavy (non-hydrogen) atoms.